The lowest BCUT2D eigenvalue weighted by Crippen LogP contribution is -2.22. The van der Waals surface area contributed by atoms with Crippen molar-refractivity contribution in [1.29, 1.82) is 0 Å². The van der Waals surface area contributed by atoms with E-state index in [-0.39, 0.29) is 5.97 Å². The third-order valence-electron chi connectivity index (χ3n) is 2.03. The Hall–Kier alpha value is -1.10. The van der Waals surface area contributed by atoms with Crippen molar-refractivity contribution in [2.45, 2.75) is 20.3 Å². The number of rotatable bonds is 5. The molecule has 0 aliphatic carbocycles. The van der Waals surface area contributed by atoms with Crippen LogP contribution in [0.1, 0.15) is 29.9 Å². The van der Waals surface area contributed by atoms with Gasteiger partial charge in [-0.15, -0.1) is 0 Å². The summed E-state index contributed by atoms with van der Waals surface area (Å²) in [4.78, 5) is 18.2. The molecule has 1 heterocycles. The zero-order chi connectivity index (χ0) is 11.3. The Labute approximate surface area is 93.9 Å². The molecule has 0 spiro atoms. The van der Waals surface area contributed by atoms with Gasteiger partial charge in [-0.3, -0.25) is 0 Å². The first-order chi connectivity index (χ1) is 7.22. The van der Waals surface area contributed by atoms with Crippen molar-refractivity contribution >= 4 is 22.4 Å². The number of anilines is 1. The molecule has 84 valence electrons. The average molecular weight is 228 g/mol. The summed E-state index contributed by atoms with van der Waals surface area (Å²) < 4.78 is 4.64. The zero-order valence-corrected chi connectivity index (χ0v) is 10.1. The summed E-state index contributed by atoms with van der Waals surface area (Å²) in [7, 11) is 1.38. The Morgan fingerprint density at radius 1 is 1.60 bits per heavy atom. The molecule has 0 atom stereocenters. The lowest BCUT2D eigenvalue weighted by molar-refractivity contribution is 0.0606. The van der Waals surface area contributed by atoms with Crippen LogP contribution in [0.2, 0.25) is 0 Å². The number of esters is 1. The molecule has 0 bridgehead atoms. The Morgan fingerprint density at radius 2 is 2.33 bits per heavy atom. The Balaban J connectivity index is 2.77. The minimum absolute atomic E-state index is 0.314. The Morgan fingerprint density at radius 3 is 2.87 bits per heavy atom. The third-order valence-corrected chi connectivity index (χ3v) is 3.06. The van der Waals surface area contributed by atoms with Crippen molar-refractivity contribution in [3.63, 3.8) is 0 Å². The van der Waals surface area contributed by atoms with Crippen LogP contribution < -0.4 is 4.90 Å². The number of hydrogen-bond acceptors (Lipinski definition) is 5. The highest BCUT2D eigenvalue weighted by molar-refractivity contribution is 7.17. The van der Waals surface area contributed by atoms with Gasteiger partial charge >= 0.3 is 5.97 Å². The van der Waals surface area contributed by atoms with Crippen molar-refractivity contribution < 1.29 is 9.53 Å². The van der Waals surface area contributed by atoms with E-state index in [0.29, 0.717) is 4.88 Å². The number of carbonyl (C=O) groups is 1. The predicted molar refractivity (Wildman–Crippen MR) is 61.6 cm³/mol. The molecule has 0 N–H and O–H groups in total. The summed E-state index contributed by atoms with van der Waals surface area (Å²) in [5, 5.41) is 0.889. The Kier molecular flexibility index (Phi) is 4.55. The van der Waals surface area contributed by atoms with Gasteiger partial charge in [0.2, 0.25) is 0 Å². The molecule has 0 aliphatic rings. The van der Waals surface area contributed by atoms with E-state index >= 15 is 0 Å². The maximum atomic E-state index is 11.2. The van der Waals surface area contributed by atoms with E-state index in [1.807, 2.05) is 0 Å². The fraction of sp³-hybridized carbons (Fsp3) is 0.600. The van der Waals surface area contributed by atoms with E-state index in [1.165, 1.54) is 18.4 Å². The normalized spacial score (nSPS) is 10.1. The van der Waals surface area contributed by atoms with Gasteiger partial charge in [-0.1, -0.05) is 18.3 Å². The van der Waals surface area contributed by atoms with Gasteiger partial charge in [0, 0.05) is 13.1 Å². The van der Waals surface area contributed by atoms with E-state index in [1.54, 1.807) is 6.20 Å². The van der Waals surface area contributed by atoms with Crippen molar-refractivity contribution in [2.75, 3.05) is 25.1 Å². The zero-order valence-electron chi connectivity index (χ0n) is 9.32. The highest BCUT2D eigenvalue weighted by Gasteiger charge is 2.13. The molecule has 1 aromatic heterocycles. The number of ether oxygens (including phenoxy) is 1. The van der Waals surface area contributed by atoms with Crippen molar-refractivity contribution in [2.24, 2.45) is 0 Å². The molecule has 0 fully saturated rings. The van der Waals surface area contributed by atoms with Crippen LogP contribution in [-0.4, -0.2) is 31.2 Å². The largest absolute Gasteiger partial charge is 0.465 e. The van der Waals surface area contributed by atoms with Crippen molar-refractivity contribution in [3.05, 3.63) is 11.1 Å². The molecule has 4 nitrogen and oxygen atoms in total. The first-order valence-electron chi connectivity index (χ1n) is 5.02. The lowest BCUT2D eigenvalue weighted by Gasteiger charge is -2.18. The van der Waals surface area contributed by atoms with Gasteiger partial charge in [0.05, 0.1) is 13.3 Å². The SMILES string of the molecule is CCCN(CC)c1ncc(C(=O)OC)s1. The van der Waals surface area contributed by atoms with Gasteiger partial charge in [-0.25, -0.2) is 9.78 Å². The number of carbonyl (C=O) groups excluding carboxylic acids is 1. The maximum Gasteiger partial charge on any atom is 0.349 e. The fourth-order valence-corrected chi connectivity index (χ4v) is 2.19. The third kappa shape index (κ3) is 2.92. The first kappa shape index (κ1) is 12.0. The molecule has 1 aromatic rings. The molecule has 0 amide bonds. The topological polar surface area (TPSA) is 42.4 Å². The lowest BCUT2D eigenvalue weighted by atomic mass is 10.4. The van der Waals surface area contributed by atoms with Gasteiger partial charge in [-0.05, 0) is 13.3 Å². The molecule has 0 unspecified atom stereocenters. The Bertz CT molecular complexity index is 325. The summed E-state index contributed by atoms with van der Waals surface area (Å²) in [5.41, 5.74) is 0. The number of nitrogens with zero attached hydrogens (tertiary/aromatic N) is 2. The van der Waals surface area contributed by atoms with E-state index in [4.69, 9.17) is 0 Å². The van der Waals surface area contributed by atoms with Crippen molar-refractivity contribution in [3.8, 4) is 0 Å². The standard InChI is InChI=1S/C10H16N2O2S/c1-4-6-12(5-2)10-11-7-8(15-10)9(13)14-3/h7H,4-6H2,1-3H3. The van der Waals surface area contributed by atoms with Crippen LogP contribution in [0.3, 0.4) is 0 Å². The smallest absolute Gasteiger partial charge is 0.349 e. The van der Waals surface area contributed by atoms with E-state index in [9.17, 15) is 4.79 Å². The monoisotopic (exact) mass is 228 g/mol. The van der Waals surface area contributed by atoms with Gasteiger partial charge in [0.15, 0.2) is 5.13 Å². The minimum Gasteiger partial charge on any atom is -0.465 e. The highest BCUT2D eigenvalue weighted by Crippen LogP contribution is 2.22. The molecule has 0 aromatic carbocycles. The summed E-state index contributed by atoms with van der Waals surface area (Å²) in [6.45, 7) is 6.07. The van der Waals surface area contributed by atoms with Crippen LogP contribution in [0, 0.1) is 0 Å². The van der Waals surface area contributed by atoms with Gasteiger partial charge in [-0.2, -0.15) is 0 Å². The van der Waals surface area contributed by atoms with Crippen LogP contribution in [0.15, 0.2) is 6.20 Å². The number of methoxy groups -OCH3 is 1. The average Bonchev–Trinajstić information content (AvgIpc) is 2.73. The van der Waals surface area contributed by atoms with Crippen LogP contribution >= 0.6 is 11.3 Å². The van der Waals surface area contributed by atoms with Crippen LogP contribution in [0.25, 0.3) is 0 Å². The summed E-state index contributed by atoms with van der Waals surface area (Å²) in [6, 6.07) is 0. The predicted octanol–water partition coefficient (Wildman–Crippen LogP) is 2.17. The molecular weight excluding hydrogens is 212 g/mol. The quantitative estimate of drug-likeness (QED) is 0.724. The molecule has 15 heavy (non-hydrogen) atoms. The molecule has 0 aliphatic heterocycles. The number of aromatic nitrogens is 1. The second kappa shape index (κ2) is 5.70. The number of hydrogen-bond donors (Lipinski definition) is 0. The molecular formula is C10H16N2O2S. The van der Waals surface area contributed by atoms with Crippen LogP contribution in [0.5, 0.6) is 0 Å². The highest BCUT2D eigenvalue weighted by atomic mass is 32.1. The van der Waals surface area contributed by atoms with Crippen molar-refractivity contribution in [1.82, 2.24) is 4.98 Å². The summed E-state index contributed by atoms with van der Waals surface area (Å²) >= 11 is 1.38. The fourth-order valence-electron chi connectivity index (χ4n) is 1.26. The van der Waals surface area contributed by atoms with E-state index in [2.05, 4.69) is 28.5 Å². The minimum atomic E-state index is -0.314. The van der Waals surface area contributed by atoms with Crippen LogP contribution in [-0.2, 0) is 4.74 Å². The van der Waals surface area contributed by atoms with Crippen LogP contribution in [0.4, 0.5) is 5.13 Å². The molecule has 5 heteroatoms. The molecule has 0 saturated carbocycles. The molecule has 0 saturated heterocycles. The number of thiazole rings is 1. The van der Waals surface area contributed by atoms with E-state index in [0.717, 1.165) is 24.6 Å². The first-order valence-corrected chi connectivity index (χ1v) is 5.83. The second-order valence-corrected chi connectivity index (χ2v) is 4.09. The van der Waals surface area contributed by atoms with Gasteiger partial charge in [0.1, 0.15) is 4.88 Å². The maximum absolute atomic E-state index is 11.2. The summed E-state index contributed by atoms with van der Waals surface area (Å²) in [6.07, 6.45) is 2.64. The van der Waals surface area contributed by atoms with Gasteiger partial charge in [0.25, 0.3) is 0 Å². The molecule has 1 rings (SSSR count). The van der Waals surface area contributed by atoms with Gasteiger partial charge < -0.3 is 9.64 Å². The molecule has 0 radical (unpaired) electrons. The summed E-state index contributed by atoms with van der Waals surface area (Å²) in [5.74, 6) is -0.314. The van der Waals surface area contributed by atoms with E-state index < -0.39 is 0 Å². The second-order valence-electron chi connectivity index (χ2n) is 3.08.